The molecule has 0 amide bonds. The van der Waals surface area contributed by atoms with Crippen LogP contribution in [0.15, 0.2) is 39.6 Å². The Morgan fingerprint density at radius 1 is 1.26 bits per heavy atom. The maximum Gasteiger partial charge on any atom is 0.371 e. The van der Waals surface area contributed by atoms with Crippen LogP contribution in [0, 0.1) is 13.8 Å². The van der Waals surface area contributed by atoms with Crippen LogP contribution < -0.4 is 0 Å². The number of furan rings is 1. The summed E-state index contributed by atoms with van der Waals surface area (Å²) in [5.41, 5.74) is 2.43. The van der Waals surface area contributed by atoms with E-state index in [1.165, 1.54) is 22.1 Å². The third-order valence-corrected chi connectivity index (χ3v) is 4.17. The number of hydrogen-bond acceptors (Lipinski definition) is 3. The van der Waals surface area contributed by atoms with Crippen LogP contribution in [0.2, 0.25) is 0 Å². The number of rotatable bonds is 4. The van der Waals surface area contributed by atoms with Crippen molar-refractivity contribution in [1.29, 1.82) is 0 Å². The number of aromatic carboxylic acids is 1. The molecule has 0 aliphatic carbocycles. The second kappa shape index (κ2) is 5.53. The molecular weight excluding hydrogens is 260 g/mol. The Kier molecular flexibility index (Phi) is 4.00. The van der Waals surface area contributed by atoms with E-state index in [-0.39, 0.29) is 11.0 Å². The summed E-state index contributed by atoms with van der Waals surface area (Å²) in [6, 6.07) is 9.54. The Morgan fingerprint density at radius 3 is 2.63 bits per heavy atom. The van der Waals surface area contributed by atoms with E-state index >= 15 is 0 Å². The molecule has 2 rings (SSSR count). The summed E-state index contributed by atoms with van der Waals surface area (Å²) in [5.74, 6) is -0.359. The van der Waals surface area contributed by atoms with Gasteiger partial charge in [-0.25, -0.2) is 4.79 Å². The third kappa shape index (κ3) is 3.20. The van der Waals surface area contributed by atoms with Crippen molar-refractivity contribution in [3.05, 3.63) is 53.0 Å². The van der Waals surface area contributed by atoms with E-state index in [9.17, 15) is 4.79 Å². The fourth-order valence-corrected chi connectivity index (χ4v) is 2.90. The summed E-state index contributed by atoms with van der Waals surface area (Å²) >= 11 is 1.68. The normalized spacial score (nSPS) is 12.4. The van der Waals surface area contributed by atoms with Crippen LogP contribution >= 0.6 is 11.8 Å². The van der Waals surface area contributed by atoms with E-state index in [1.54, 1.807) is 17.8 Å². The molecule has 0 aliphatic heterocycles. The van der Waals surface area contributed by atoms with E-state index in [0.29, 0.717) is 5.76 Å². The molecule has 0 spiro atoms. The van der Waals surface area contributed by atoms with Crippen LogP contribution in [0.5, 0.6) is 0 Å². The number of thioether (sulfide) groups is 1. The van der Waals surface area contributed by atoms with Crippen LogP contribution in [0.25, 0.3) is 0 Å². The zero-order chi connectivity index (χ0) is 14.0. The molecule has 0 bridgehead atoms. The van der Waals surface area contributed by atoms with Crippen molar-refractivity contribution in [2.24, 2.45) is 0 Å². The number of carbonyl (C=O) groups is 1. The quantitative estimate of drug-likeness (QED) is 0.838. The lowest BCUT2D eigenvalue weighted by Gasteiger charge is -2.11. The van der Waals surface area contributed by atoms with Gasteiger partial charge in [0.25, 0.3) is 0 Å². The predicted molar refractivity (Wildman–Crippen MR) is 75.9 cm³/mol. The molecule has 1 heterocycles. The van der Waals surface area contributed by atoms with Gasteiger partial charge in [-0.1, -0.05) is 17.7 Å². The number of carboxylic acids is 1. The SMILES string of the molecule is Cc1ccc(C)c(SC(C)c2ccc(C(=O)O)o2)c1. The average Bonchev–Trinajstić information content (AvgIpc) is 2.83. The topological polar surface area (TPSA) is 50.4 Å². The fraction of sp³-hybridized carbons (Fsp3) is 0.267. The average molecular weight is 276 g/mol. The molecule has 0 fully saturated rings. The third-order valence-electron chi connectivity index (χ3n) is 2.89. The molecule has 1 aromatic heterocycles. The van der Waals surface area contributed by atoms with Gasteiger partial charge in [0, 0.05) is 4.90 Å². The molecule has 1 unspecified atom stereocenters. The fourth-order valence-electron chi connectivity index (χ4n) is 1.77. The lowest BCUT2D eigenvalue weighted by molar-refractivity contribution is 0.0660. The first kappa shape index (κ1) is 13.7. The van der Waals surface area contributed by atoms with Crippen LogP contribution in [0.3, 0.4) is 0 Å². The van der Waals surface area contributed by atoms with Gasteiger partial charge in [0.1, 0.15) is 5.76 Å². The molecule has 0 saturated carbocycles. The molecule has 0 radical (unpaired) electrons. The summed E-state index contributed by atoms with van der Waals surface area (Å²) in [6.07, 6.45) is 0. The van der Waals surface area contributed by atoms with Crippen molar-refractivity contribution < 1.29 is 14.3 Å². The second-order valence-electron chi connectivity index (χ2n) is 4.54. The van der Waals surface area contributed by atoms with Gasteiger partial charge >= 0.3 is 5.97 Å². The van der Waals surface area contributed by atoms with Crippen molar-refractivity contribution in [2.45, 2.75) is 30.9 Å². The first-order valence-corrected chi connectivity index (χ1v) is 6.92. The summed E-state index contributed by atoms with van der Waals surface area (Å²) in [4.78, 5) is 12.0. The van der Waals surface area contributed by atoms with Crippen molar-refractivity contribution in [3.8, 4) is 0 Å². The van der Waals surface area contributed by atoms with Crippen molar-refractivity contribution >= 4 is 17.7 Å². The predicted octanol–water partition coefficient (Wildman–Crippen LogP) is 4.45. The highest BCUT2D eigenvalue weighted by atomic mass is 32.2. The molecule has 2 aromatic rings. The Morgan fingerprint density at radius 2 is 2.00 bits per heavy atom. The Bertz CT molecular complexity index is 601. The van der Waals surface area contributed by atoms with Crippen LogP contribution in [-0.2, 0) is 0 Å². The minimum atomic E-state index is -1.03. The molecule has 1 atom stereocenters. The van der Waals surface area contributed by atoms with Crippen molar-refractivity contribution in [3.63, 3.8) is 0 Å². The van der Waals surface area contributed by atoms with Gasteiger partial charge in [0.2, 0.25) is 5.76 Å². The summed E-state index contributed by atoms with van der Waals surface area (Å²) in [5, 5.41) is 8.93. The number of aryl methyl sites for hydroxylation is 2. The van der Waals surface area contributed by atoms with Crippen molar-refractivity contribution in [1.82, 2.24) is 0 Å². The van der Waals surface area contributed by atoms with E-state index in [0.717, 1.165) is 0 Å². The highest BCUT2D eigenvalue weighted by molar-refractivity contribution is 7.99. The molecule has 0 aliphatic rings. The largest absolute Gasteiger partial charge is 0.475 e. The molecule has 3 nitrogen and oxygen atoms in total. The first-order chi connectivity index (χ1) is 8.97. The van der Waals surface area contributed by atoms with E-state index in [1.807, 2.05) is 6.92 Å². The molecule has 4 heteroatoms. The number of carboxylic acid groups (broad SMARTS) is 1. The van der Waals surface area contributed by atoms with E-state index in [2.05, 4.69) is 32.0 Å². The van der Waals surface area contributed by atoms with E-state index in [4.69, 9.17) is 9.52 Å². The van der Waals surface area contributed by atoms with Gasteiger partial charge in [-0.2, -0.15) is 0 Å². The van der Waals surface area contributed by atoms with E-state index < -0.39 is 5.97 Å². The molecule has 100 valence electrons. The Labute approximate surface area is 116 Å². The lowest BCUT2D eigenvalue weighted by atomic mass is 10.2. The molecule has 1 N–H and O–H groups in total. The minimum absolute atomic E-state index is 0.0107. The Hall–Kier alpha value is -1.68. The standard InChI is InChI=1S/C15H16O3S/c1-9-4-5-10(2)14(8-9)19-11(3)12-6-7-13(18-12)15(16)17/h4-8,11H,1-3H3,(H,16,17). The summed E-state index contributed by atoms with van der Waals surface area (Å²) < 4.78 is 5.33. The Balaban J connectivity index is 2.17. The molecule has 1 aromatic carbocycles. The van der Waals surface area contributed by atoms with Crippen LogP contribution in [0.4, 0.5) is 0 Å². The summed E-state index contributed by atoms with van der Waals surface area (Å²) in [7, 11) is 0. The van der Waals surface area contributed by atoms with Gasteiger partial charge in [0.05, 0.1) is 5.25 Å². The molecular formula is C15H16O3S. The zero-order valence-corrected chi connectivity index (χ0v) is 12.0. The van der Waals surface area contributed by atoms with Gasteiger partial charge in [-0.3, -0.25) is 0 Å². The number of hydrogen-bond donors (Lipinski definition) is 1. The first-order valence-electron chi connectivity index (χ1n) is 6.04. The van der Waals surface area contributed by atoms with Gasteiger partial charge in [-0.15, -0.1) is 11.8 Å². The summed E-state index contributed by atoms with van der Waals surface area (Å²) in [6.45, 7) is 6.14. The van der Waals surface area contributed by atoms with Gasteiger partial charge < -0.3 is 9.52 Å². The van der Waals surface area contributed by atoms with Gasteiger partial charge in [0.15, 0.2) is 0 Å². The van der Waals surface area contributed by atoms with Crippen molar-refractivity contribution in [2.75, 3.05) is 0 Å². The molecule has 19 heavy (non-hydrogen) atoms. The maximum atomic E-state index is 10.8. The lowest BCUT2D eigenvalue weighted by Crippen LogP contribution is -1.92. The van der Waals surface area contributed by atoms with Gasteiger partial charge in [-0.05, 0) is 44.5 Å². The minimum Gasteiger partial charge on any atom is -0.475 e. The van der Waals surface area contributed by atoms with Crippen LogP contribution in [0.1, 0.15) is 39.6 Å². The smallest absolute Gasteiger partial charge is 0.371 e. The number of benzene rings is 1. The monoisotopic (exact) mass is 276 g/mol. The highest BCUT2D eigenvalue weighted by Crippen LogP contribution is 2.37. The maximum absolute atomic E-state index is 10.8. The molecule has 0 saturated heterocycles. The van der Waals surface area contributed by atoms with Crippen LogP contribution in [-0.4, -0.2) is 11.1 Å². The second-order valence-corrected chi connectivity index (χ2v) is 5.92. The highest BCUT2D eigenvalue weighted by Gasteiger charge is 2.16. The zero-order valence-electron chi connectivity index (χ0n) is 11.1.